The minimum atomic E-state index is -0.132. The van der Waals surface area contributed by atoms with Crippen molar-refractivity contribution in [2.24, 2.45) is 0 Å². The fraction of sp³-hybridized carbons (Fsp3) is 0.133. The molecule has 2 aromatic carbocycles. The molecule has 0 spiro atoms. The molecule has 0 fully saturated rings. The third-order valence-electron chi connectivity index (χ3n) is 2.61. The molecule has 98 valence electrons. The summed E-state index contributed by atoms with van der Waals surface area (Å²) in [6, 6.07) is 12.8. The third-order valence-corrected chi connectivity index (χ3v) is 3.11. The van der Waals surface area contributed by atoms with Gasteiger partial charge in [-0.15, -0.1) is 0 Å². The molecule has 0 saturated carbocycles. The highest BCUT2D eigenvalue weighted by Crippen LogP contribution is 2.33. The van der Waals surface area contributed by atoms with Crippen LogP contribution in [0.25, 0.3) is 0 Å². The minimum absolute atomic E-state index is 0.132. The summed E-state index contributed by atoms with van der Waals surface area (Å²) in [5, 5.41) is 0.760. The van der Waals surface area contributed by atoms with Gasteiger partial charge in [-0.2, -0.15) is 0 Å². The van der Waals surface area contributed by atoms with Crippen molar-refractivity contribution in [2.75, 3.05) is 0 Å². The highest BCUT2D eigenvalue weighted by atomic mass is 35.5. The largest absolute Gasteiger partial charge is 0.487 e. The summed E-state index contributed by atoms with van der Waals surface area (Å²) in [6.45, 7) is 1.81. The Hall–Kier alpha value is -1.51. The maximum atomic E-state index is 11.6. The molecule has 2 aromatic rings. The minimum Gasteiger partial charge on any atom is -0.487 e. The monoisotopic (exact) mass is 294 g/mol. The van der Waals surface area contributed by atoms with Crippen LogP contribution in [-0.2, 0) is 6.61 Å². The van der Waals surface area contributed by atoms with Crippen molar-refractivity contribution in [3.63, 3.8) is 0 Å². The van der Waals surface area contributed by atoms with Gasteiger partial charge < -0.3 is 4.74 Å². The van der Waals surface area contributed by atoms with E-state index in [-0.39, 0.29) is 5.78 Å². The second-order valence-corrected chi connectivity index (χ2v) is 4.94. The summed E-state index contributed by atoms with van der Waals surface area (Å²) in [4.78, 5) is 11.6. The molecule has 0 atom stereocenters. The van der Waals surface area contributed by atoms with Crippen LogP contribution in [0.1, 0.15) is 22.8 Å². The van der Waals surface area contributed by atoms with Gasteiger partial charge in [0.15, 0.2) is 5.78 Å². The Morgan fingerprint density at radius 2 is 1.84 bits per heavy atom. The summed E-state index contributed by atoms with van der Waals surface area (Å²) in [5.74, 6) is 0.245. The predicted octanol–water partition coefficient (Wildman–Crippen LogP) is 4.78. The third kappa shape index (κ3) is 3.49. The average molecular weight is 295 g/mol. The first-order valence-electron chi connectivity index (χ1n) is 5.74. The molecule has 0 bridgehead atoms. The lowest BCUT2D eigenvalue weighted by atomic mass is 10.1. The van der Waals surface area contributed by atoms with Crippen LogP contribution >= 0.6 is 23.2 Å². The Morgan fingerprint density at radius 1 is 1.16 bits per heavy atom. The van der Waals surface area contributed by atoms with Gasteiger partial charge in [-0.25, -0.2) is 0 Å². The standard InChI is InChI=1S/C15H12Cl2O2/c1-10(18)13-7-12(16)8-14(17)15(13)19-9-11-5-3-2-4-6-11/h2-8H,9H2,1H3. The first-order chi connectivity index (χ1) is 9.08. The highest BCUT2D eigenvalue weighted by Gasteiger charge is 2.14. The number of carbonyl (C=O) groups excluding carboxylic acids is 1. The number of halogens is 2. The van der Waals surface area contributed by atoms with Gasteiger partial charge in [-0.3, -0.25) is 4.79 Å². The van der Waals surface area contributed by atoms with Gasteiger partial charge >= 0.3 is 0 Å². The molecule has 0 aliphatic heterocycles. The van der Waals surface area contributed by atoms with Crippen molar-refractivity contribution in [1.82, 2.24) is 0 Å². The van der Waals surface area contributed by atoms with Crippen LogP contribution in [0, 0.1) is 0 Å². The first-order valence-corrected chi connectivity index (χ1v) is 6.50. The van der Waals surface area contributed by atoms with Crippen LogP contribution < -0.4 is 4.74 Å². The molecular weight excluding hydrogens is 283 g/mol. The van der Waals surface area contributed by atoms with E-state index in [0.717, 1.165) is 5.56 Å². The summed E-state index contributed by atoms with van der Waals surface area (Å²) in [7, 11) is 0. The van der Waals surface area contributed by atoms with Gasteiger partial charge in [0.1, 0.15) is 12.4 Å². The Labute approximate surface area is 121 Å². The fourth-order valence-electron chi connectivity index (χ4n) is 1.70. The smallest absolute Gasteiger partial charge is 0.163 e. The van der Waals surface area contributed by atoms with E-state index in [1.54, 1.807) is 12.1 Å². The molecule has 0 unspecified atom stereocenters. The van der Waals surface area contributed by atoms with Gasteiger partial charge in [-0.05, 0) is 24.6 Å². The molecule has 2 rings (SSSR count). The number of carbonyl (C=O) groups is 1. The Balaban J connectivity index is 2.27. The molecular formula is C15H12Cl2O2. The van der Waals surface area contributed by atoms with Crippen LogP contribution in [0.5, 0.6) is 5.75 Å². The molecule has 0 radical (unpaired) electrons. The van der Waals surface area contributed by atoms with Crippen LogP contribution in [0.2, 0.25) is 10.0 Å². The van der Waals surface area contributed by atoms with Crippen molar-refractivity contribution in [2.45, 2.75) is 13.5 Å². The Bertz CT molecular complexity index is 595. The molecule has 4 heteroatoms. The number of ether oxygens (including phenoxy) is 1. The zero-order valence-electron chi connectivity index (χ0n) is 10.3. The van der Waals surface area contributed by atoms with Crippen molar-refractivity contribution < 1.29 is 9.53 Å². The van der Waals surface area contributed by atoms with E-state index < -0.39 is 0 Å². The molecule has 0 heterocycles. The fourth-order valence-corrected chi connectivity index (χ4v) is 2.25. The van der Waals surface area contributed by atoms with Crippen molar-refractivity contribution in [1.29, 1.82) is 0 Å². The van der Waals surface area contributed by atoms with Gasteiger partial charge in [0, 0.05) is 5.02 Å². The molecule has 2 nitrogen and oxygen atoms in total. The normalized spacial score (nSPS) is 10.3. The first kappa shape index (κ1) is 13.9. The Kier molecular flexibility index (Phi) is 4.46. The summed E-state index contributed by atoms with van der Waals surface area (Å²) >= 11 is 12.0. The number of rotatable bonds is 4. The molecule has 0 aliphatic rings. The van der Waals surface area contributed by atoms with E-state index in [2.05, 4.69) is 0 Å². The van der Waals surface area contributed by atoms with E-state index in [4.69, 9.17) is 27.9 Å². The van der Waals surface area contributed by atoms with Crippen LogP contribution in [0.4, 0.5) is 0 Å². The van der Waals surface area contributed by atoms with Crippen LogP contribution in [-0.4, -0.2) is 5.78 Å². The second kappa shape index (κ2) is 6.09. The lowest BCUT2D eigenvalue weighted by Crippen LogP contribution is -2.02. The van der Waals surface area contributed by atoms with E-state index in [9.17, 15) is 4.79 Å². The highest BCUT2D eigenvalue weighted by molar-refractivity contribution is 6.36. The van der Waals surface area contributed by atoms with Crippen molar-refractivity contribution >= 4 is 29.0 Å². The van der Waals surface area contributed by atoms with Crippen LogP contribution in [0.3, 0.4) is 0 Å². The van der Waals surface area contributed by atoms with E-state index in [1.807, 2.05) is 30.3 Å². The van der Waals surface area contributed by atoms with E-state index >= 15 is 0 Å². The van der Waals surface area contributed by atoms with E-state index in [0.29, 0.717) is 28.0 Å². The zero-order chi connectivity index (χ0) is 13.8. The number of Topliss-reactive ketones (excluding diaryl/α,β-unsaturated/α-hetero) is 1. The molecule has 0 aliphatic carbocycles. The maximum absolute atomic E-state index is 11.6. The number of benzene rings is 2. The van der Waals surface area contributed by atoms with Gasteiger partial charge in [0.05, 0.1) is 10.6 Å². The molecule has 0 aromatic heterocycles. The predicted molar refractivity (Wildman–Crippen MR) is 77.2 cm³/mol. The summed E-state index contributed by atoms with van der Waals surface area (Å²) < 4.78 is 5.66. The topological polar surface area (TPSA) is 26.3 Å². The van der Waals surface area contributed by atoms with E-state index in [1.165, 1.54) is 6.92 Å². The quantitative estimate of drug-likeness (QED) is 0.759. The number of hydrogen-bond donors (Lipinski definition) is 0. The molecule has 0 saturated heterocycles. The molecule has 0 amide bonds. The van der Waals surface area contributed by atoms with Gasteiger partial charge in [0.25, 0.3) is 0 Å². The lowest BCUT2D eigenvalue weighted by molar-refractivity contribution is 0.101. The SMILES string of the molecule is CC(=O)c1cc(Cl)cc(Cl)c1OCc1ccccc1. The van der Waals surface area contributed by atoms with Gasteiger partial charge in [0.2, 0.25) is 0 Å². The number of hydrogen-bond acceptors (Lipinski definition) is 2. The summed E-state index contributed by atoms with van der Waals surface area (Å²) in [5.41, 5.74) is 1.40. The number of ketones is 1. The summed E-state index contributed by atoms with van der Waals surface area (Å²) in [6.07, 6.45) is 0. The zero-order valence-corrected chi connectivity index (χ0v) is 11.8. The molecule has 19 heavy (non-hydrogen) atoms. The maximum Gasteiger partial charge on any atom is 0.163 e. The van der Waals surface area contributed by atoms with Crippen molar-refractivity contribution in [3.8, 4) is 5.75 Å². The second-order valence-electron chi connectivity index (χ2n) is 4.09. The van der Waals surface area contributed by atoms with Gasteiger partial charge in [-0.1, -0.05) is 53.5 Å². The lowest BCUT2D eigenvalue weighted by Gasteiger charge is -2.12. The van der Waals surface area contributed by atoms with Crippen molar-refractivity contribution in [3.05, 3.63) is 63.6 Å². The average Bonchev–Trinajstić information content (AvgIpc) is 2.38. The van der Waals surface area contributed by atoms with Crippen LogP contribution in [0.15, 0.2) is 42.5 Å². The molecule has 0 N–H and O–H groups in total. The Morgan fingerprint density at radius 3 is 2.47 bits per heavy atom.